The lowest BCUT2D eigenvalue weighted by molar-refractivity contribution is -0.153. The molecule has 0 bridgehead atoms. The standard InChI is InChI=1S/C82H139BN2/c1-80(2,3)64-35-27-57(28-36-64)62-49-75-79-76(50-62)85(68-39-31-56(32-40-68)53-21-15-11-16-22-53)74-48-58(54-23-17-12-18-24-54)33-41-71(74)83(79)72-47-59(34-42-73(72)84(75)67-37-29-55(30-38-67)52-19-13-10-14-20-52)69-46-63-45-65(81(4,5)6)43-60-25-26-61-44-66(82(7,8)9)51-70(69)78(61)77(60)63/h52-79H,10-51H2,1-9H3. The summed E-state index contributed by atoms with van der Waals surface area (Å²) in [5, 5.41) is 0. The minimum absolute atomic E-state index is 0.452. The molecule has 15 aliphatic rings. The second-order valence-electron chi connectivity index (χ2n) is 40.0. The normalized spacial score (nSPS) is 49.2. The van der Waals surface area contributed by atoms with Gasteiger partial charge in [0.2, 0.25) is 0 Å². The van der Waals surface area contributed by atoms with Gasteiger partial charge in [0.15, 0.2) is 6.71 Å². The van der Waals surface area contributed by atoms with E-state index < -0.39 is 0 Å². The largest absolute Gasteiger partial charge is 0.295 e. The molecule has 0 aromatic rings. The van der Waals surface area contributed by atoms with Crippen LogP contribution in [0, 0.1) is 129 Å². The summed E-state index contributed by atoms with van der Waals surface area (Å²) in [6.07, 6.45) is 66.2. The summed E-state index contributed by atoms with van der Waals surface area (Å²) in [5.74, 6) is 22.3. The minimum atomic E-state index is 0.452. The maximum Gasteiger partial charge on any atom is 0.156 e. The molecular weight excluding hydrogens is 1020 g/mol. The van der Waals surface area contributed by atoms with Gasteiger partial charge in [-0.2, -0.15) is 0 Å². The van der Waals surface area contributed by atoms with Gasteiger partial charge in [0.25, 0.3) is 0 Å². The molecule has 15 rings (SSSR count). The van der Waals surface area contributed by atoms with E-state index in [1.807, 2.05) is 0 Å². The predicted molar refractivity (Wildman–Crippen MR) is 362 cm³/mol. The quantitative estimate of drug-likeness (QED) is 0.234. The van der Waals surface area contributed by atoms with Gasteiger partial charge < -0.3 is 0 Å². The topological polar surface area (TPSA) is 6.48 Å². The van der Waals surface area contributed by atoms with Crippen molar-refractivity contribution in [2.75, 3.05) is 0 Å². The summed E-state index contributed by atoms with van der Waals surface area (Å²) in [5.41, 5.74) is 1.39. The van der Waals surface area contributed by atoms with Crippen molar-refractivity contribution in [3.05, 3.63) is 0 Å². The number of rotatable bonds is 7. The molecule has 3 heteroatoms. The zero-order valence-corrected chi connectivity index (χ0v) is 57.8. The van der Waals surface area contributed by atoms with Gasteiger partial charge in [0.05, 0.1) is 0 Å². The average Bonchev–Trinajstić information content (AvgIpc) is 0.781. The van der Waals surface area contributed by atoms with E-state index in [2.05, 4.69) is 72.1 Å². The Morgan fingerprint density at radius 1 is 0.247 bits per heavy atom. The molecule has 2 saturated heterocycles. The van der Waals surface area contributed by atoms with E-state index in [1.165, 1.54) is 57.8 Å². The highest BCUT2D eigenvalue weighted by atomic mass is 15.3. The van der Waals surface area contributed by atoms with Gasteiger partial charge >= 0.3 is 0 Å². The second-order valence-corrected chi connectivity index (χ2v) is 40.0. The van der Waals surface area contributed by atoms with Crippen LogP contribution in [-0.2, 0) is 0 Å². The number of fused-ring (bicyclic) bond motifs is 4. The lowest BCUT2D eigenvalue weighted by Crippen LogP contribution is -2.75. The van der Waals surface area contributed by atoms with E-state index in [-0.39, 0.29) is 0 Å². The molecule has 13 saturated carbocycles. The van der Waals surface area contributed by atoms with Crippen molar-refractivity contribution >= 4 is 6.71 Å². The molecule has 85 heavy (non-hydrogen) atoms. The lowest BCUT2D eigenvalue weighted by atomic mass is 9.18. The maximum absolute atomic E-state index is 3.71. The van der Waals surface area contributed by atoms with E-state index in [0.717, 1.165) is 173 Å². The maximum atomic E-state index is 3.71. The third-order valence-corrected chi connectivity index (χ3v) is 33.7. The molecule has 2 heterocycles. The fourth-order valence-corrected chi connectivity index (χ4v) is 29.6. The van der Waals surface area contributed by atoms with Crippen LogP contribution < -0.4 is 0 Å². The molecule has 15 fully saturated rings. The second kappa shape index (κ2) is 24.7. The summed E-state index contributed by atoms with van der Waals surface area (Å²) in [6.45, 7) is 24.9. The van der Waals surface area contributed by atoms with Crippen molar-refractivity contribution < 1.29 is 0 Å². The molecule has 0 radical (unpaired) electrons. The van der Waals surface area contributed by atoms with Gasteiger partial charge in [-0.1, -0.05) is 178 Å². The van der Waals surface area contributed by atoms with Gasteiger partial charge in [-0.25, -0.2) is 0 Å². The van der Waals surface area contributed by atoms with Crippen molar-refractivity contribution in [1.29, 1.82) is 0 Å². The lowest BCUT2D eigenvalue weighted by Gasteiger charge is -2.71. The first-order valence-corrected chi connectivity index (χ1v) is 40.6. The number of hydrogen-bond acceptors (Lipinski definition) is 2. The Morgan fingerprint density at radius 3 is 1.20 bits per heavy atom. The van der Waals surface area contributed by atoms with Crippen LogP contribution in [0.5, 0.6) is 0 Å². The van der Waals surface area contributed by atoms with Crippen molar-refractivity contribution in [3.8, 4) is 0 Å². The molecule has 0 aromatic carbocycles. The highest BCUT2D eigenvalue weighted by Gasteiger charge is 2.68. The summed E-state index contributed by atoms with van der Waals surface area (Å²) in [4.78, 5) is 7.41. The molecule has 0 N–H and O–H groups in total. The fourth-order valence-electron chi connectivity index (χ4n) is 29.6. The first-order chi connectivity index (χ1) is 41.0. The summed E-state index contributed by atoms with van der Waals surface area (Å²) in [6, 6.07) is 5.29. The Kier molecular flexibility index (Phi) is 17.8. The van der Waals surface area contributed by atoms with Crippen molar-refractivity contribution in [3.63, 3.8) is 0 Å². The molecule has 0 amide bonds. The van der Waals surface area contributed by atoms with Crippen molar-refractivity contribution in [1.82, 2.24) is 9.80 Å². The first kappa shape index (κ1) is 61.2. The number of nitrogens with zero attached hydrogens (tertiary/aromatic N) is 2. The third-order valence-electron chi connectivity index (χ3n) is 33.7. The molecule has 13 aliphatic carbocycles. The predicted octanol–water partition coefficient (Wildman–Crippen LogP) is 22.8. The van der Waals surface area contributed by atoms with Crippen LogP contribution in [-0.4, -0.2) is 52.8 Å². The van der Waals surface area contributed by atoms with Gasteiger partial charge in [0.1, 0.15) is 0 Å². The van der Waals surface area contributed by atoms with Gasteiger partial charge in [-0.3, -0.25) is 9.80 Å². The molecular formula is C82H139BN2. The van der Waals surface area contributed by atoms with E-state index in [0.29, 0.717) is 16.2 Å². The SMILES string of the molecule is CC(C)(C)C1CCC(C2CC3C4B(C5CC(C6CC7CC(C(C)(C)C)CC8CCC9CC(C(C)(C)C)CC6C9C87)CCC5N3C3CCC(C5CCCCC5)CC3)C3CCC(C5CCCCC5)CC3N(C3CCC(C5CCCCC5)CC3)C4C2)CC1. The smallest absolute Gasteiger partial charge is 0.156 e. The fraction of sp³-hybridized carbons (Fsp3) is 1.00. The van der Waals surface area contributed by atoms with E-state index in [4.69, 9.17) is 0 Å². The van der Waals surface area contributed by atoms with Gasteiger partial charge in [-0.05, 0) is 300 Å². The molecule has 480 valence electrons. The van der Waals surface area contributed by atoms with Crippen LogP contribution in [0.25, 0.3) is 0 Å². The van der Waals surface area contributed by atoms with Gasteiger partial charge in [-0.15, -0.1) is 0 Å². The molecule has 2 aliphatic heterocycles. The molecule has 0 spiro atoms. The zero-order valence-electron chi connectivity index (χ0n) is 57.8. The molecule has 19 atom stereocenters. The van der Waals surface area contributed by atoms with E-state index in [9.17, 15) is 0 Å². The summed E-state index contributed by atoms with van der Waals surface area (Å²) < 4.78 is 0. The zero-order chi connectivity index (χ0) is 58.1. The Morgan fingerprint density at radius 2 is 0.659 bits per heavy atom. The highest BCUT2D eigenvalue weighted by Crippen LogP contribution is 2.70. The molecule has 2 nitrogen and oxygen atoms in total. The van der Waals surface area contributed by atoms with Crippen molar-refractivity contribution in [2.45, 2.75) is 386 Å². The summed E-state index contributed by atoms with van der Waals surface area (Å²) in [7, 11) is 0. The number of hydrogen-bond donors (Lipinski definition) is 0. The first-order valence-electron chi connectivity index (χ1n) is 40.6. The van der Waals surface area contributed by atoms with Crippen LogP contribution in [0.2, 0.25) is 17.5 Å². The Hall–Kier alpha value is -0.0151. The summed E-state index contributed by atoms with van der Waals surface area (Å²) >= 11 is 0. The van der Waals surface area contributed by atoms with Crippen LogP contribution >= 0.6 is 0 Å². The molecule has 19 unspecified atom stereocenters. The Labute approximate surface area is 528 Å². The molecule has 0 aromatic heterocycles. The minimum Gasteiger partial charge on any atom is -0.295 e. The van der Waals surface area contributed by atoms with Crippen LogP contribution in [0.4, 0.5) is 0 Å². The monoisotopic (exact) mass is 1160 g/mol. The van der Waals surface area contributed by atoms with Crippen LogP contribution in [0.3, 0.4) is 0 Å². The van der Waals surface area contributed by atoms with Crippen LogP contribution in [0.1, 0.15) is 332 Å². The van der Waals surface area contributed by atoms with E-state index in [1.54, 1.807) is 212 Å². The Bertz CT molecular complexity index is 2170. The third kappa shape index (κ3) is 11.8. The van der Waals surface area contributed by atoms with Crippen molar-refractivity contribution in [2.24, 2.45) is 129 Å². The van der Waals surface area contributed by atoms with E-state index >= 15 is 0 Å². The Balaban J connectivity index is 0.815. The average molecular weight is 1160 g/mol. The highest BCUT2D eigenvalue weighted by molar-refractivity contribution is 6.65. The van der Waals surface area contributed by atoms with Gasteiger partial charge in [0, 0.05) is 36.3 Å². The van der Waals surface area contributed by atoms with Crippen LogP contribution in [0.15, 0.2) is 0 Å².